The van der Waals surface area contributed by atoms with Gasteiger partial charge in [-0.15, -0.1) is 0 Å². The van der Waals surface area contributed by atoms with Crippen LogP contribution in [0.5, 0.6) is 0 Å². The number of hydrogen-bond donors (Lipinski definition) is 1. The molecule has 30 heavy (non-hydrogen) atoms. The Morgan fingerprint density at radius 2 is 1.83 bits per heavy atom. The third-order valence-electron chi connectivity index (χ3n) is 10.5. The third-order valence-corrected chi connectivity index (χ3v) is 10.5. The molecular formula is C29H46O. The second kappa shape index (κ2) is 8.27. The lowest BCUT2D eigenvalue weighted by molar-refractivity contribution is -0.0414. The highest BCUT2D eigenvalue weighted by Crippen LogP contribution is 2.66. The van der Waals surface area contributed by atoms with Crippen LogP contribution in [0.15, 0.2) is 36.0 Å². The smallest absolute Gasteiger partial charge is 0.0543 e. The van der Waals surface area contributed by atoms with Gasteiger partial charge >= 0.3 is 0 Å². The second-order valence-electron chi connectivity index (χ2n) is 12.0. The van der Waals surface area contributed by atoms with Crippen molar-refractivity contribution in [1.82, 2.24) is 0 Å². The van der Waals surface area contributed by atoms with Gasteiger partial charge in [-0.3, -0.25) is 0 Å². The van der Waals surface area contributed by atoms with Crippen LogP contribution in [-0.4, -0.2) is 11.2 Å². The number of rotatable bonds is 5. The van der Waals surface area contributed by atoms with Gasteiger partial charge in [-0.1, -0.05) is 63.6 Å². The number of aliphatic hydroxyl groups excluding tert-OH is 1. The lowest BCUT2D eigenvalue weighted by Gasteiger charge is -2.57. The first-order chi connectivity index (χ1) is 14.2. The van der Waals surface area contributed by atoms with E-state index in [2.05, 4.69) is 59.4 Å². The molecular weight excluding hydrogens is 364 g/mol. The van der Waals surface area contributed by atoms with E-state index >= 15 is 0 Å². The summed E-state index contributed by atoms with van der Waals surface area (Å²) in [4.78, 5) is 0. The Morgan fingerprint density at radius 1 is 1.13 bits per heavy atom. The van der Waals surface area contributed by atoms with Gasteiger partial charge in [0.1, 0.15) is 0 Å². The SMILES string of the molecule is C=C(C)[C@H](/C=C/[C@H](C)[C@H]1CC[C@H]2C3=CC[C@@H]4C[C@@H](O)CC[C@]4(C)[C@H]3CC[C@]12C)CC. The molecule has 4 rings (SSSR count). The van der Waals surface area contributed by atoms with Gasteiger partial charge in [-0.25, -0.2) is 0 Å². The van der Waals surface area contributed by atoms with Crippen molar-refractivity contribution in [3.63, 3.8) is 0 Å². The second-order valence-corrected chi connectivity index (χ2v) is 12.0. The van der Waals surface area contributed by atoms with E-state index in [1.807, 2.05) is 5.57 Å². The fraction of sp³-hybridized carbons (Fsp3) is 0.793. The van der Waals surface area contributed by atoms with Crippen molar-refractivity contribution in [3.8, 4) is 0 Å². The van der Waals surface area contributed by atoms with Crippen LogP contribution in [0.1, 0.15) is 92.4 Å². The van der Waals surface area contributed by atoms with Crippen molar-refractivity contribution in [2.45, 2.75) is 98.5 Å². The maximum absolute atomic E-state index is 10.3. The predicted molar refractivity (Wildman–Crippen MR) is 128 cm³/mol. The van der Waals surface area contributed by atoms with Gasteiger partial charge in [-0.2, -0.15) is 0 Å². The first kappa shape index (κ1) is 22.4. The first-order valence-electron chi connectivity index (χ1n) is 12.9. The number of aliphatic hydroxyl groups is 1. The zero-order chi connectivity index (χ0) is 21.7. The van der Waals surface area contributed by atoms with Gasteiger partial charge in [0.15, 0.2) is 0 Å². The Hall–Kier alpha value is -0.820. The first-order valence-corrected chi connectivity index (χ1v) is 12.9. The lowest BCUT2D eigenvalue weighted by atomic mass is 9.47. The molecule has 0 spiro atoms. The van der Waals surface area contributed by atoms with E-state index in [4.69, 9.17) is 0 Å². The van der Waals surface area contributed by atoms with Crippen LogP contribution in [0, 0.1) is 46.3 Å². The summed E-state index contributed by atoms with van der Waals surface area (Å²) in [7, 11) is 0. The fourth-order valence-electron chi connectivity index (χ4n) is 8.49. The molecule has 0 heterocycles. The molecule has 3 fully saturated rings. The third kappa shape index (κ3) is 3.58. The van der Waals surface area contributed by atoms with Gasteiger partial charge in [0, 0.05) is 0 Å². The summed E-state index contributed by atoms with van der Waals surface area (Å²) in [6, 6.07) is 0. The van der Waals surface area contributed by atoms with Crippen molar-refractivity contribution >= 4 is 0 Å². The highest BCUT2D eigenvalue weighted by atomic mass is 16.3. The molecule has 0 saturated heterocycles. The molecule has 0 bridgehead atoms. The minimum Gasteiger partial charge on any atom is -0.393 e. The van der Waals surface area contributed by atoms with Crippen molar-refractivity contribution in [3.05, 3.63) is 36.0 Å². The van der Waals surface area contributed by atoms with Crippen LogP contribution in [0.25, 0.3) is 0 Å². The van der Waals surface area contributed by atoms with Crippen LogP contribution < -0.4 is 0 Å². The molecule has 9 atom stereocenters. The monoisotopic (exact) mass is 410 g/mol. The van der Waals surface area contributed by atoms with E-state index in [0.29, 0.717) is 28.6 Å². The summed E-state index contributed by atoms with van der Waals surface area (Å²) < 4.78 is 0. The standard InChI is InChI=1S/C29H46O/c1-7-21(19(2)3)9-8-20(4)25-12-13-26-24-11-10-22-18-23(30)14-16-28(22,5)27(24)15-17-29(25,26)6/h8-9,11,20-23,25-27,30H,2,7,10,12-18H2,1,3-6H3/b9-8+/t20-,21-,22+,23-,25+,26-,27-,28-,29+/m0/s1. The number of hydrogen-bond acceptors (Lipinski definition) is 1. The summed E-state index contributed by atoms with van der Waals surface area (Å²) in [6.07, 6.45) is 18.8. The molecule has 168 valence electrons. The topological polar surface area (TPSA) is 20.2 Å². The van der Waals surface area contributed by atoms with E-state index in [1.165, 1.54) is 44.1 Å². The van der Waals surface area contributed by atoms with E-state index in [0.717, 1.165) is 37.0 Å². The molecule has 0 amide bonds. The quantitative estimate of drug-likeness (QED) is 0.460. The molecule has 0 unspecified atom stereocenters. The average molecular weight is 411 g/mol. The molecule has 4 aliphatic rings. The van der Waals surface area contributed by atoms with Crippen LogP contribution in [0.2, 0.25) is 0 Å². The Morgan fingerprint density at radius 3 is 2.53 bits per heavy atom. The molecule has 0 aliphatic heterocycles. The zero-order valence-electron chi connectivity index (χ0n) is 20.3. The molecule has 1 heteroatoms. The average Bonchev–Trinajstić information content (AvgIpc) is 3.06. The van der Waals surface area contributed by atoms with E-state index in [-0.39, 0.29) is 6.10 Å². The number of allylic oxidation sites excluding steroid dienone is 5. The molecule has 4 aliphatic carbocycles. The van der Waals surface area contributed by atoms with Crippen molar-refractivity contribution in [2.24, 2.45) is 46.3 Å². The van der Waals surface area contributed by atoms with E-state index < -0.39 is 0 Å². The minimum atomic E-state index is -0.0541. The largest absolute Gasteiger partial charge is 0.393 e. The van der Waals surface area contributed by atoms with E-state index in [9.17, 15) is 5.11 Å². The summed E-state index contributed by atoms with van der Waals surface area (Å²) >= 11 is 0. The summed E-state index contributed by atoms with van der Waals surface area (Å²) in [5.41, 5.74) is 4.04. The molecule has 0 radical (unpaired) electrons. The van der Waals surface area contributed by atoms with Crippen LogP contribution in [0.3, 0.4) is 0 Å². The molecule has 3 saturated carbocycles. The summed E-state index contributed by atoms with van der Waals surface area (Å²) in [5.74, 6) is 4.27. The molecule has 0 aromatic heterocycles. The van der Waals surface area contributed by atoms with Crippen LogP contribution in [-0.2, 0) is 0 Å². The highest BCUT2D eigenvalue weighted by Gasteiger charge is 2.57. The Balaban J connectivity index is 1.54. The van der Waals surface area contributed by atoms with Gasteiger partial charge in [0.2, 0.25) is 0 Å². The highest BCUT2D eigenvalue weighted by molar-refractivity contribution is 5.28. The molecule has 0 aromatic rings. The number of fused-ring (bicyclic) bond motifs is 5. The summed E-state index contributed by atoms with van der Waals surface area (Å²) in [5, 5.41) is 10.3. The maximum atomic E-state index is 10.3. The van der Waals surface area contributed by atoms with Crippen molar-refractivity contribution in [2.75, 3.05) is 0 Å². The zero-order valence-corrected chi connectivity index (χ0v) is 20.3. The van der Waals surface area contributed by atoms with E-state index in [1.54, 1.807) is 0 Å². The van der Waals surface area contributed by atoms with Gasteiger partial charge in [0.05, 0.1) is 6.10 Å². The van der Waals surface area contributed by atoms with Crippen LogP contribution in [0.4, 0.5) is 0 Å². The maximum Gasteiger partial charge on any atom is 0.0543 e. The lowest BCUT2D eigenvalue weighted by Crippen LogP contribution is -2.49. The Kier molecular flexibility index (Phi) is 6.17. The van der Waals surface area contributed by atoms with Gasteiger partial charge in [-0.05, 0) is 111 Å². The fourth-order valence-corrected chi connectivity index (χ4v) is 8.49. The molecule has 1 N–H and O–H groups in total. The Labute approximate surface area is 186 Å². The van der Waals surface area contributed by atoms with Crippen LogP contribution >= 0.6 is 0 Å². The van der Waals surface area contributed by atoms with Gasteiger partial charge in [0.25, 0.3) is 0 Å². The van der Waals surface area contributed by atoms with Gasteiger partial charge < -0.3 is 5.11 Å². The molecule has 0 aromatic carbocycles. The minimum absolute atomic E-state index is 0.0541. The predicted octanol–water partition coefficient (Wildman–Crippen LogP) is 7.72. The normalized spacial score (nSPS) is 45.3. The molecule has 1 nitrogen and oxygen atoms in total. The Bertz CT molecular complexity index is 716. The van der Waals surface area contributed by atoms with Crippen molar-refractivity contribution in [1.29, 1.82) is 0 Å². The van der Waals surface area contributed by atoms with Crippen molar-refractivity contribution < 1.29 is 5.11 Å². The summed E-state index contributed by atoms with van der Waals surface area (Å²) in [6.45, 7) is 16.3.